The maximum Gasteiger partial charge on any atom is 0.253 e. The zero-order chi connectivity index (χ0) is 17.0. The number of amides is 1. The highest BCUT2D eigenvalue weighted by molar-refractivity contribution is 5.94. The molecule has 1 amide bonds. The number of aliphatic hydroxyl groups excluding tert-OH is 1. The monoisotopic (exact) mass is 316 g/mol. The molecule has 0 saturated carbocycles. The molecule has 2 N–H and O–H groups in total. The number of nitrogens with zero attached hydrogens (tertiary/aromatic N) is 3. The summed E-state index contributed by atoms with van der Waals surface area (Å²) in [5.74, 6) is 0.851. The Labute approximate surface area is 136 Å². The van der Waals surface area contributed by atoms with Crippen LogP contribution in [0.25, 0.3) is 5.82 Å². The SMILES string of the molecule is Cc1cc(C)n(-c2ccc(C(=O)NC(CO)CC(C)C)cn2)n1. The molecule has 1 unspecified atom stereocenters. The van der Waals surface area contributed by atoms with Gasteiger partial charge < -0.3 is 10.4 Å². The quantitative estimate of drug-likeness (QED) is 0.854. The molecule has 0 fully saturated rings. The van der Waals surface area contributed by atoms with E-state index in [1.54, 1.807) is 16.8 Å². The third-order valence-electron chi connectivity index (χ3n) is 3.55. The van der Waals surface area contributed by atoms with Gasteiger partial charge in [0, 0.05) is 11.9 Å². The van der Waals surface area contributed by atoms with Gasteiger partial charge in [0.15, 0.2) is 5.82 Å². The number of nitrogens with one attached hydrogen (secondary N) is 1. The van der Waals surface area contributed by atoms with Crippen molar-refractivity contribution in [3.63, 3.8) is 0 Å². The van der Waals surface area contributed by atoms with Crippen LogP contribution in [0.5, 0.6) is 0 Å². The molecule has 0 aliphatic carbocycles. The summed E-state index contributed by atoms with van der Waals surface area (Å²) in [5.41, 5.74) is 2.38. The van der Waals surface area contributed by atoms with Gasteiger partial charge >= 0.3 is 0 Å². The summed E-state index contributed by atoms with van der Waals surface area (Å²) in [5, 5.41) is 16.6. The molecule has 0 radical (unpaired) electrons. The Morgan fingerprint density at radius 3 is 2.57 bits per heavy atom. The van der Waals surface area contributed by atoms with Crippen molar-refractivity contribution in [2.24, 2.45) is 5.92 Å². The van der Waals surface area contributed by atoms with Crippen LogP contribution in [0.4, 0.5) is 0 Å². The van der Waals surface area contributed by atoms with Gasteiger partial charge in [0.25, 0.3) is 5.91 Å². The summed E-state index contributed by atoms with van der Waals surface area (Å²) >= 11 is 0. The summed E-state index contributed by atoms with van der Waals surface area (Å²) in [7, 11) is 0. The Kier molecular flexibility index (Phi) is 5.50. The Hall–Kier alpha value is -2.21. The molecule has 0 aromatic carbocycles. The highest BCUT2D eigenvalue weighted by atomic mass is 16.3. The Bertz CT molecular complexity index is 662. The number of aliphatic hydroxyl groups is 1. The lowest BCUT2D eigenvalue weighted by atomic mass is 10.0. The van der Waals surface area contributed by atoms with Gasteiger partial charge in [-0.15, -0.1) is 0 Å². The fourth-order valence-corrected chi connectivity index (χ4v) is 2.52. The molecule has 6 heteroatoms. The minimum Gasteiger partial charge on any atom is -0.394 e. The molecule has 0 saturated heterocycles. The molecule has 2 aromatic rings. The predicted molar refractivity (Wildman–Crippen MR) is 88.6 cm³/mol. The molecule has 1 atom stereocenters. The van der Waals surface area contributed by atoms with Gasteiger partial charge in [-0.05, 0) is 44.4 Å². The highest BCUT2D eigenvalue weighted by Gasteiger charge is 2.15. The van der Waals surface area contributed by atoms with Gasteiger partial charge in [0.1, 0.15) is 0 Å². The molecule has 0 aliphatic heterocycles. The Morgan fingerprint density at radius 2 is 2.09 bits per heavy atom. The van der Waals surface area contributed by atoms with Crippen LogP contribution in [0.2, 0.25) is 0 Å². The van der Waals surface area contributed by atoms with Crippen LogP contribution in [0, 0.1) is 19.8 Å². The molecule has 23 heavy (non-hydrogen) atoms. The summed E-state index contributed by atoms with van der Waals surface area (Å²) < 4.78 is 1.74. The minimum absolute atomic E-state index is 0.0683. The van der Waals surface area contributed by atoms with E-state index >= 15 is 0 Å². The van der Waals surface area contributed by atoms with Gasteiger partial charge in [-0.2, -0.15) is 5.10 Å². The molecule has 0 aliphatic rings. The van der Waals surface area contributed by atoms with E-state index in [-0.39, 0.29) is 18.6 Å². The topological polar surface area (TPSA) is 80.0 Å². The molecular formula is C17H24N4O2. The fraction of sp³-hybridized carbons (Fsp3) is 0.471. The van der Waals surface area contributed by atoms with Crippen molar-refractivity contribution in [2.45, 2.75) is 40.2 Å². The summed E-state index contributed by atoms with van der Waals surface area (Å²) in [6.07, 6.45) is 2.27. The van der Waals surface area contributed by atoms with Crippen molar-refractivity contribution in [3.05, 3.63) is 41.3 Å². The van der Waals surface area contributed by atoms with Gasteiger partial charge in [-0.1, -0.05) is 13.8 Å². The summed E-state index contributed by atoms with van der Waals surface area (Å²) in [6.45, 7) is 7.93. The first-order valence-electron chi connectivity index (χ1n) is 7.82. The second-order valence-corrected chi connectivity index (χ2v) is 6.23. The minimum atomic E-state index is -0.238. The Balaban J connectivity index is 2.09. The lowest BCUT2D eigenvalue weighted by molar-refractivity contribution is 0.0908. The van der Waals surface area contributed by atoms with E-state index in [9.17, 15) is 9.90 Å². The van der Waals surface area contributed by atoms with Crippen LogP contribution < -0.4 is 5.32 Å². The lowest BCUT2D eigenvalue weighted by Gasteiger charge is -2.18. The number of rotatable bonds is 6. The molecule has 0 bridgehead atoms. The second-order valence-electron chi connectivity index (χ2n) is 6.23. The molecule has 124 valence electrons. The van der Waals surface area contributed by atoms with E-state index < -0.39 is 0 Å². The molecular weight excluding hydrogens is 292 g/mol. The number of aromatic nitrogens is 3. The van der Waals surface area contributed by atoms with Gasteiger partial charge in [-0.25, -0.2) is 9.67 Å². The first-order chi connectivity index (χ1) is 10.9. The smallest absolute Gasteiger partial charge is 0.253 e. The molecule has 0 spiro atoms. The van der Waals surface area contributed by atoms with E-state index in [4.69, 9.17) is 0 Å². The van der Waals surface area contributed by atoms with E-state index in [1.165, 1.54) is 6.20 Å². The number of hydrogen-bond acceptors (Lipinski definition) is 4. The third kappa shape index (κ3) is 4.39. The average Bonchev–Trinajstić information content (AvgIpc) is 2.84. The second kappa shape index (κ2) is 7.37. The largest absolute Gasteiger partial charge is 0.394 e. The van der Waals surface area contributed by atoms with Crippen molar-refractivity contribution in [1.82, 2.24) is 20.1 Å². The number of aryl methyl sites for hydroxylation is 2. The summed E-state index contributed by atoms with van der Waals surface area (Å²) in [4.78, 5) is 16.5. The van der Waals surface area contributed by atoms with Crippen molar-refractivity contribution < 1.29 is 9.90 Å². The van der Waals surface area contributed by atoms with Gasteiger partial charge in [0.05, 0.1) is 23.9 Å². The van der Waals surface area contributed by atoms with Crippen molar-refractivity contribution >= 4 is 5.91 Å². The average molecular weight is 316 g/mol. The standard InChI is InChI=1S/C17H24N4O2/c1-11(2)7-15(10-22)19-17(23)14-5-6-16(18-9-14)21-13(4)8-12(3)20-21/h5-6,8-9,11,15,22H,7,10H2,1-4H3,(H,19,23). The van der Waals surface area contributed by atoms with Crippen LogP contribution in [-0.4, -0.2) is 38.4 Å². The molecule has 2 rings (SSSR count). The van der Waals surface area contributed by atoms with Crippen LogP contribution in [0.15, 0.2) is 24.4 Å². The van der Waals surface area contributed by atoms with Crippen LogP contribution >= 0.6 is 0 Å². The van der Waals surface area contributed by atoms with E-state index in [0.717, 1.165) is 17.8 Å². The summed E-state index contributed by atoms with van der Waals surface area (Å²) in [6, 6.07) is 5.22. The first-order valence-corrected chi connectivity index (χ1v) is 7.82. The predicted octanol–water partition coefficient (Wildman–Crippen LogP) is 2.02. The maximum atomic E-state index is 12.2. The molecule has 2 aromatic heterocycles. The van der Waals surface area contributed by atoms with Gasteiger partial charge in [-0.3, -0.25) is 4.79 Å². The molecule has 6 nitrogen and oxygen atoms in total. The number of carbonyl (C=O) groups excluding carboxylic acids is 1. The number of hydrogen-bond donors (Lipinski definition) is 2. The molecule has 2 heterocycles. The maximum absolute atomic E-state index is 12.2. The van der Waals surface area contributed by atoms with E-state index in [0.29, 0.717) is 17.3 Å². The first kappa shape index (κ1) is 17.1. The fourth-order valence-electron chi connectivity index (χ4n) is 2.52. The zero-order valence-corrected chi connectivity index (χ0v) is 14.1. The highest BCUT2D eigenvalue weighted by Crippen LogP contribution is 2.11. The van der Waals surface area contributed by atoms with Crippen molar-refractivity contribution in [2.75, 3.05) is 6.61 Å². The zero-order valence-electron chi connectivity index (χ0n) is 14.1. The lowest BCUT2D eigenvalue weighted by Crippen LogP contribution is -2.38. The van der Waals surface area contributed by atoms with Crippen molar-refractivity contribution in [3.8, 4) is 5.82 Å². The van der Waals surface area contributed by atoms with Crippen LogP contribution in [0.3, 0.4) is 0 Å². The van der Waals surface area contributed by atoms with E-state index in [1.807, 2.05) is 19.9 Å². The Morgan fingerprint density at radius 1 is 1.35 bits per heavy atom. The van der Waals surface area contributed by atoms with Crippen LogP contribution in [-0.2, 0) is 0 Å². The van der Waals surface area contributed by atoms with E-state index in [2.05, 4.69) is 29.2 Å². The van der Waals surface area contributed by atoms with Crippen LogP contribution in [0.1, 0.15) is 42.0 Å². The number of pyridine rings is 1. The van der Waals surface area contributed by atoms with Gasteiger partial charge in [0.2, 0.25) is 0 Å². The third-order valence-corrected chi connectivity index (χ3v) is 3.55. The van der Waals surface area contributed by atoms with Crippen molar-refractivity contribution in [1.29, 1.82) is 0 Å². The normalized spacial score (nSPS) is 12.4. The number of carbonyl (C=O) groups is 1.